The standard InChI is InChI=1S/C14H18N2O3S/c1-8-13(20-7-15-8)14(19)16-10-2-3-11(16)5-9(4-10)6-12(17)18/h7,9-11H,2-6H2,1H3,(H,17,18). The lowest BCUT2D eigenvalue weighted by Gasteiger charge is -2.38. The number of carboxylic acid groups (broad SMARTS) is 1. The number of piperidine rings is 1. The quantitative estimate of drug-likeness (QED) is 0.928. The molecule has 2 saturated heterocycles. The minimum absolute atomic E-state index is 0.0891. The van der Waals surface area contributed by atoms with Gasteiger partial charge in [-0.2, -0.15) is 0 Å². The molecule has 2 unspecified atom stereocenters. The highest BCUT2D eigenvalue weighted by Gasteiger charge is 2.44. The highest BCUT2D eigenvalue weighted by molar-refractivity contribution is 7.11. The van der Waals surface area contributed by atoms with Crippen LogP contribution in [0.25, 0.3) is 0 Å². The monoisotopic (exact) mass is 294 g/mol. The van der Waals surface area contributed by atoms with Crippen molar-refractivity contribution < 1.29 is 14.7 Å². The third kappa shape index (κ3) is 2.32. The zero-order chi connectivity index (χ0) is 14.3. The van der Waals surface area contributed by atoms with Crippen LogP contribution in [0.3, 0.4) is 0 Å². The van der Waals surface area contributed by atoms with Crippen LogP contribution in [0.5, 0.6) is 0 Å². The van der Waals surface area contributed by atoms with Gasteiger partial charge in [-0.15, -0.1) is 11.3 Å². The second-order valence-corrected chi connectivity index (χ2v) is 6.65. The number of amides is 1. The van der Waals surface area contributed by atoms with Crippen molar-refractivity contribution in [3.8, 4) is 0 Å². The van der Waals surface area contributed by atoms with Crippen molar-refractivity contribution >= 4 is 23.2 Å². The van der Waals surface area contributed by atoms with Crippen molar-refractivity contribution in [3.63, 3.8) is 0 Å². The Kier molecular flexibility index (Phi) is 3.50. The van der Waals surface area contributed by atoms with Crippen molar-refractivity contribution in [2.75, 3.05) is 0 Å². The van der Waals surface area contributed by atoms with Gasteiger partial charge in [-0.3, -0.25) is 9.59 Å². The fourth-order valence-corrected chi connectivity index (χ4v) is 4.41. The minimum Gasteiger partial charge on any atom is -0.481 e. The lowest BCUT2D eigenvalue weighted by Crippen LogP contribution is -2.46. The summed E-state index contributed by atoms with van der Waals surface area (Å²) in [6, 6.07) is 0.430. The van der Waals surface area contributed by atoms with E-state index in [1.165, 1.54) is 11.3 Å². The maximum Gasteiger partial charge on any atom is 0.303 e. The van der Waals surface area contributed by atoms with E-state index in [9.17, 15) is 9.59 Å². The van der Waals surface area contributed by atoms with E-state index in [0.29, 0.717) is 0 Å². The lowest BCUT2D eigenvalue weighted by atomic mass is 9.88. The van der Waals surface area contributed by atoms with Crippen molar-refractivity contribution in [1.82, 2.24) is 9.88 Å². The number of rotatable bonds is 3. The van der Waals surface area contributed by atoms with Gasteiger partial charge >= 0.3 is 5.97 Å². The average molecular weight is 294 g/mol. The summed E-state index contributed by atoms with van der Waals surface area (Å²) in [5.74, 6) is -0.421. The van der Waals surface area contributed by atoms with Gasteiger partial charge in [-0.1, -0.05) is 0 Å². The van der Waals surface area contributed by atoms with Gasteiger partial charge in [0.05, 0.1) is 11.2 Å². The molecule has 108 valence electrons. The normalized spacial score (nSPS) is 28.6. The summed E-state index contributed by atoms with van der Waals surface area (Å²) in [6.07, 6.45) is 3.89. The molecule has 5 nitrogen and oxygen atoms in total. The predicted octanol–water partition coefficient (Wildman–Crippen LogP) is 2.31. The predicted molar refractivity (Wildman–Crippen MR) is 74.8 cm³/mol. The van der Waals surface area contributed by atoms with Gasteiger partial charge in [0.2, 0.25) is 0 Å². The molecule has 1 amide bonds. The van der Waals surface area contributed by atoms with Gasteiger partial charge in [-0.25, -0.2) is 4.98 Å². The number of thiazole rings is 1. The summed E-state index contributed by atoms with van der Waals surface area (Å²) < 4.78 is 0. The molecular weight excluding hydrogens is 276 g/mol. The Bertz CT molecular complexity index is 528. The molecule has 0 spiro atoms. The van der Waals surface area contributed by atoms with Crippen molar-refractivity contribution in [1.29, 1.82) is 0 Å². The number of carbonyl (C=O) groups is 2. The molecule has 0 aliphatic carbocycles. The molecule has 1 N–H and O–H groups in total. The largest absolute Gasteiger partial charge is 0.481 e. The number of aromatic nitrogens is 1. The van der Waals surface area contributed by atoms with E-state index in [2.05, 4.69) is 4.98 Å². The summed E-state index contributed by atoms with van der Waals surface area (Å²) in [6.45, 7) is 1.86. The maximum atomic E-state index is 12.7. The first-order chi connectivity index (χ1) is 9.56. The zero-order valence-corrected chi connectivity index (χ0v) is 12.2. The molecule has 2 fully saturated rings. The molecule has 1 aromatic heterocycles. The fraction of sp³-hybridized carbons (Fsp3) is 0.643. The Morgan fingerprint density at radius 2 is 2.05 bits per heavy atom. The van der Waals surface area contributed by atoms with Crippen LogP contribution in [0.15, 0.2) is 5.51 Å². The Morgan fingerprint density at radius 1 is 1.40 bits per heavy atom. The second-order valence-electron chi connectivity index (χ2n) is 5.80. The summed E-state index contributed by atoms with van der Waals surface area (Å²) in [5.41, 5.74) is 2.51. The van der Waals surface area contributed by atoms with Crippen LogP contribution in [-0.2, 0) is 4.79 Å². The van der Waals surface area contributed by atoms with E-state index in [1.54, 1.807) is 5.51 Å². The third-order valence-corrected chi connectivity index (χ3v) is 5.38. The number of aryl methyl sites for hydroxylation is 1. The number of carboxylic acids is 1. The number of hydrogen-bond acceptors (Lipinski definition) is 4. The van der Waals surface area contributed by atoms with Crippen LogP contribution in [0.4, 0.5) is 0 Å². The number of carbonyl (C=O) groups excluding carboxylic acids is 1. The van der Waals surface area contributed by atoms with Gasteiger partial charge < -0.3 is 10.0 Å². The summed E-state index contributed by atoms with van der Waals surface area (Å²) >= 11 is 1.40. The van der Waals surface area contributed by atoms with Crippen LogP contribution in [-0.4, -0.2) is 39.0 Å². The topological polar surface area (TPSA) is 70.5 Å². The fourth-order valence-electron chi connectivity index (χ4n) is 3.66. The van der Waals surface area contributed by atoms with Crippen molar-refractivity contribution in [3.05, 3.63) is 16.1 Å². The summed E-state index contributed by atoms with van der Waals surface area (Å²) in [7, 11) is 0. The first-order valence-corrected chi connectivity index (χ1v) is 7.88. The third-order valence-electron chi connectivity index (χ3n) is 4.47. The average Bonchev–Trinajstić information content (AvgIpc) is 2.90. The van der Waals surface area contributed by atoms with Crippen molar-refractivity contribution in [2.24, 2.45) is 5.92 Å². The highest BCUT2D eigenvalue weighted by atomic mass is 32.1. The van der Waals surface area contributed by atoms with Gasteiger partial charge in [0.25, 0.3) is 5.91 Å². The van der Waals surface area contributed by atoms with E-state index < -0.39 is 5.97 Å². The minimum atomic E-state index is -0.729. The van der Waals surface area contributed by atoms with Crippen LogP contribution >= 0.6 is 11.3 Å². The highest BCUT2D eigenvalue weighted by Crippen LogP contribution is 2.41. The first-order valence-electron chi connectivity index (χ1n) is 7.00. The molecule has 2 aliphatic heterocycles. The van der Waals surface area contributed by atoms with Gasteiger partial charge in [0.1, 0.15) is 4.88 Å². The van der Waals surface area contributed by atoms with Gasteiger partial charge in [0, 0.05) is 18.5 Å². The molecule has 3 heterocycles. The summed E-state index contributed by atoms with van der Waals surface area (Å²) in [4.78, 5) is 30.4. The van der Waals surface area contributed by atoms with Gasteiger partial charge in [0.15, 0.2) is 0 Å². The Labute approximate surface area is 121 Å². The molecule has 0 saturated carbocycles. The number of fused-ring (bicyclic) bond motifs is 2. The SMILES string of the molecule is Cc1ncsc1C(=O)N1C2CCC1CC(CC(=O)O)C2. The molecule has 0 radical (unpaired) electrons. The van der Waals surface area contributed by atoms with Crippen molar-refractivity contribution in [2.45, 2.75) is 51.1 Å². The van der Waals surface area contributed by atoms with Crippen LogP contribution in [0.2, 0.25) is 0 Å². The Morgan fingerprint density at radius 3 is 2.55 bits per heavy atom. The molecule has 2 atom stereocenters. The molecule has 2 bridgehead atoms. The van der Waals surface area contributed by atoms with Crippen LogP contribution < -0.4 is 0 Å². The molecule has 1 aromatic rings. The second kappa shape index (κ2) is 5.16. The Hall–Kier alpha value is -1.43. The number of aliphatic carboxylic acids is 1. The van der Waals surface area contributed by atoms with Gasteiger partial charge in [-0.05, 0) is 38.5 Å². The molecular formula is C14H18N2O3S. The maximum absolute atomic E-state index is 12.7. The van der Waals surface area contributed by atoms with E-state index in [-0.39, 0.29) is 30.3 Å². The van der Waals surface area contributed by atoms with E-state index >= 15 is 0 Å². The van der Waals surface area contributed by atoms with Crippen LogP contribution in [0.1, 0.15) is 47.5 Å². The first kappa shape index (κ1) is 13.5. The lowest BCUT2D eigenvalue weighted by molar-refractivity contribution is -0.138. The van der Waals surface area contributed by atoms with E-state index in [4.69, 9.17) is 5.11 Å². The molecule has 20 heavy (non-hydrogen) atoms. The molecule has 6 heteroatoms. The molecule has 3 rings (SSSR count). The van der Waals surface area contributed by atoms with Crippen LogP contribution in [0, 0.1) is 12.8 Å². The zero-order valence-electron chi connectivity index (χ0n) is 11.4. The number of hydrogen-bond donors (Lipinski definition) is 1. The molecule has 2 aliphatic rings. The number of nitrogens with zero attached hydrogens (tertiary/aromatic N) is 2. The molecule has 0 aromatic carbocycles. The Balaban J connectivity index is 1.76. The van der Waals surface area contributed by atoms with E-state index in [0.717, 1.165) is 36.3 Å². The smallest absolute Gasteiger partial charge is 0.303 e. The van der Waals surface area contributed by atoms with E-state index in [1.807, 2.05) is 11.8 Å². The summed E-state index contributed by atoms with van der Waals surface area (Å²) in [5, 5.41) is 8.93.